The van der Waals surface area contributed by atoms with Gasteiger partial charge in [0.25, 0.3) is 0 Å². The SMILES string of the molecule is NCCCCC(CO)NC(=O)OCc1ccccc1. The van der Waals surface area contributed by atoms with Crippen molar-refractivity contribution in [2.24, 2.45) is 5.73 Å². The summed E-state index contributed by atoms with van der Waals surface area (Å²) in [7, 11) is 0. The smallest absolute Gasteiger partial charge is 0.407 e. The van der Waals surface area contributed by atoms with Crippen molar-refractivity contribution >= 4 is 6.09 Å². The molecular formula is C14H22N2O3. The van der Waals surface area contributed by atoms with Crippen molar-refractivity contribution in [1.82, 2.24) is 5.32 Å². The van der Waals surface area contributed by atoms with E-state index in [1.54, 1.807) is 0 Å². The van der Waals surface area contributed by atoms with Crippen LogP contribution in [0.5, 0.6) is 0 Å². The first-order valence-corrected chi connectivity index (χ1v) is 6.54. The molecule has 0 aromatic heterocycles. The van der Waals surface area contributed by atoms with Gasteiger partial charge in [-0.15, -0.1) is 0 Å². The average Bonchev–Trinajstić information content (AvgIpc) is 2.45. The van der Waals surface area contributed by atoms with Gasteiger partial charge in [0.1, 0.15) is 6.61 Å². The lowest BCUT2D eigenvalue weighted by atomic mass is 10.1. The standard InChI is InChI=1S/C14H22N2O3/c15-9-5-4-8-13(10-17)16-14(18)19-11-12-6-2-1-3-7-12/h1-3,6-7,13,17H,4-5,8-11,15H2,(H,16,18). The summed E-state index contributed by atoms with van der Waals surface area (Å²) in [5, 5.41) is 11.8. The molecule has 106 valence electrons. The highest BCUT2D eigenvalue weighted by atomic mass is 16.5. The summed E-state index contributed by atoms with van der Waals surface area (Å²) in [6.45, 7) is 0.759. The Bertz CT molecular complexity index is 357. The minimum atomic E-state index is -0.504. The predicted molar refractivity (Wildman–Crippen MR) is 73.5 cm³/mol. The van der Waals surface area contributed by atoms with Gasteiger partial charge in [-0.25, -0.2) is 4.79 Å². The molecule has 0 saturated heterocycles. The van der Waals surface area contributed by atoms with Crippen molar-refractivity contribution in [2.75, 3.05) is 13.2 Å². The zero-order valence-electron chi connectivity index (χ0n) is 11.0. The molecule has 5 heteroatoms. The minimum absolute atomic E-state index is 0.0923. The lowest BCUT2D eigenvalue weighted by Gasteiger charge is -2.16. The molecule has 0 saturated carbocycles. The second-order valence-electron chi connectivity index (χ2n) is 4.37. The Kier molecular flexibility index (Phi) is 7.62. The molecule has 0 aliphatic heterocycles. The van der Waals surface area contributed by atoms with Crippen LogP contribution in [0.3, 0.4) is 0 Å². The van der Waals surface area contributed by atoms with Crippen LogP contribution < -0.4 is 11.1 Å². The van der Waals surface area contributed by atoms with Gasteiger partial charge in [0.2, 0.25) is 0 Å². The number of nitrogens with two attached hydrogens (primary N) is 1. The number of aliphatic hydroxyl groups is 1. The van der Waals surface area contributed by atoms with Crippen LogP contribution in [0.4, 0.5) is 4.79 Å². The highest BCUT2D eigenvalue weighted by molar-refractivity contribution is 5.67. The number of benzene rings is 1. The first kappa shape index (κ1) is 15.5. The topological polar surface area (TPSA) is 84.6 Å². The molecule has 0 radical (unpaired) electrons. The number of amides is 1. The summed E-state index contributed by atoms with van der Waals surface area (Å²) in [5.41, 5.74) is 6.33. The summed E-state index contributed by atoms with van der Waals surface area (Å²) in [4.78, 5) is 11.5. The molecule has 1 amide bonds. The number of alkyl carbamates (subject to hydrolysis) is 1. The molecule has 0 bridgehead atoms. The normalized spacial score (nSPS) is 11.9. The average molecular weight is 266 g/mol. The molecule has 1 rings (SSSR count). The molecule has 0 aliphatic carbocycles. The van der Waals surface area contributed by atoms with E-state index >= 15 is 0 Å². The third-order valence-corrected chi connectivity index (χ3v) is 2.76. The first-order valence-electron chi connectivity index (χ1n) is 6.54. The predicted octanol–water partition coefficient (Wildman–Crippen LogP) is 1.40. The van der Waals surface area contributed by atoms with Crippen LogP contribution >= 0.6 is 0 Å². The van der Waals surface area contributed by atoms with Crippen molar-refractivity contribution in [3.63, 3.8) is 0 Å². The lowest BCUT2D eigenvalue weighted by molar-refractivity contribution is 0.128. The number of carbonyl (C=O) groups excluding carboxylic acids is 1. The molecule has 19 heavy (non-hydrogen) atoms. The van der Waals surface area contributed by atoms with Gasteiger partial charge in [-0.3, -0.25) is 0 Å². The third-order valence-electron chi connectivity index (χ3n) is 2.76. The Morgan fingerprint density at radius 1 is 1.32 bits per heavy atom. The van der Waals surface area contributed by atoms with Gasteiger partial charge in [0, 0.05) is 0 Å². The first-order chi connectivity index (χ1) is 9.26. The van der Waals surface area contributed by atoms with Crippen LogP contribution in [0.1, 0.15) is 24.8 Å². The van der Waals surface area contributed by atoms with Crippen LogP contribution in [0.2, 0.25) is 0 Å². The fourth-order valence-corrected chi connectivity index (χ4v) is 1.68. The molecule has 0 spiro atoms. The Balaban J connectivity index is 2.25. The zero-order valence-corrected chi connectivity index (χ0v) is 11.0. The zero-order chi connectivity index (χ0) is 13.9. The van der Waals surface area contributed by atoms with Crippen molar-refractivity contribution < 1.29 is 14.6 Å². The summed E-state index contributed by atoms with van der Waals surface area (Å²) < 4.78 is 5.08. The van der Waals surface area contributed by atoms with Gasteiger partial charge in [-0.05, 0) is 24.9 Å². The van der Waals surface area contributed by atoms with E-state index in [9.17, 15) is 4.79 Å². The van der Waals surface area contributed by atoms with E-state index in [1.807, 2.05) is 30.3 Å². The van der Waals surface area contributed by atoms with Crippen LogP contribution in [0.15, 0.2) is 30.3 Å². The minimum Gasteiger partial charge on any atom is -0.445 e. The van der Waals surface area contributed by atoms with E-state index in [2.05, 4.69) is 5.32 Å². The van der Waals surface area contributed by atoms with Crippen molar-refractivity contribution in [3.8, 4) is 0 Å². The number of carbonyl (C=O) groups is 1. The monoisotopic (exact) mass is 266 g/mol. The van der Waals surface area contributed by atoms with Gasteiger partial charge < -0.3 is 20.9 Å². The number of hydrogen-bond donors (Lipinski definition) is 3. The van der Waals surface area contributed by atoms with E-state index in [0.29, 0.717) is 13.0 Å². The molecule has 1 unspecified atom stereocenters. The van der Waals surface area contributed by atoms with Crippen LogP contribution in [0.25, 0.3) is 0 Å². The van der Waals surface area contributed by atoms with Gasteiger partial charge in [0.05, 0.1) is 12.6 Å². The summed E-state index contributed by atoms with van der Waals surface area (Å²) in [6.07, 6.45) is 1.96. The Hall–Kier alpha value is -1.59. The molecule has 1 aromatic rings. The van der Waals surface area contributed by atoms with Crippen LogP contribution in [-0.4, -0.2) is 30.4 Å². The molecule has 1 aromatic carbocycles. The van der Waals surface area contributed by atoms with Crippen molar-refractivity contribution in [1.29, 1.82) is 0 Å². The number of aliphatic hydroxyl groups excluding tert-OH is 1. The van der Waals surface area contributed by atoms with Gasteiger partial charge in [0.15, 0.2) is 0 Å². The molecular weight excluding hydrogens is 244 g/mol. The van der Waals surface area contributed by atoms with E-state index in [0.717, 1.165) is 18.4 Å². The fraction of sp³-hybridized carbons (Fsp3) is 0.500. The molecule has 4 N–H and O–H groups in total. The summed E-state index contributed by atoms with van der Waals surface area (Å²) >= 11 is 0. The number of ether oxygens (including phenoxy) is 1. The molecule has 0 heterocycles. The molecule has 1 atom stereocenters. The Morgan fingerprint density at radius 2 is 2.05 bits per heavy atom. The fourth-order valence-electron chi connectivity index (χ4n) is 1.68. The summed E-state index contributed by atoms with van der Waals surface area (Å²) in [5.74, 6) is 0. The number of nitrogens with one attached hydrogen (secondary N) is 1. The summed E-state index contributed by atoms with van der Waals surface area (Å²) in [6, 6.07) is 9.19. The van der Waals surface area contributed by atoms with Gasteiger partial charge in [-0.2, -0.15) is 0 Å². The number of hydrogen-bond acceptors (Lipinski definition) is 4. The quantitative estimate of drug-likeness (QED) is 0.621. The highest BCUT2D eigenvalue weighted by Crippen LogP contribution is 2.03. The Morgan fingerprint density at radius 3 is 2.68 bits per heavy atom. The van der Waals surface area contributed by atoms with E-state index < -0.39 is 6.09 Å². The van der Waals surface area contributed by atoms with Gasteiger partial charge >= 0.3 is 6.09 Å². The third kappa shape index (κ3) is 6.79. The second-order valence-corrected chi connectivity index (χ2v) is 4.37. The maximum Gasteiger partial charge on any atom is 0.407 e. The lowest BCUT2D eigenvalue weighted by Crippen LogP contribution is -2.37. The van der Waals surface area contributed by atoms with Crippen molar-refractivity contribution in [3.05, 3.63) is 35.9 Å². The maximum atomic E-state index is 11.5. The molecule has 0 aliphatic rings. The van der Waals surface area contributed by atoms with Crippen LogP contribution in [0, 0.1) is 0 Å². The molecule has 0 fully saturated rings. The van der Waals surface area contributed by atoms with Crippen LogP contribution in [-0.2, 0) is 11.3 Å². The van der Waals surface area contributed by atoms with E-state index in [4.69, 9.17) is 15.6 Å². The van der Waals surface area contributed by atoms with Crippen molar-refractivity contribution in [2.45, 2.75) is 31.9 Å². The Labute approximate surface area is 113 Å². The highest BCUT2D eigenvalue weighted by Gasteiger charge is 2.11. The number of rotatable bonds is 8. The van der Waals surface area contributed by atoms with E-state index in [-0.39, 0.29) is 19.3 Å². The second kappa shape index (κ2) is 9.35. The van der Waals surface area contributed by atoms with E-state index in [1.165, 1.54) is 0 Å². The number of unbranched alkanes of at least 4 members (excludes halogenated alkanes) is 1. The largest absolute Gasteiger partial charge is 0.445 e. The molecule has 5 nitrogen and oxygen atoms in total. The van der Waals surface area contributed by atoms with Gasteiger partial charge in [-0.1, -0.05) is 36.8 Å². The maximum absolute atomic E-state index is 11.5.